The fraction of sp³-hybridized carbons (Fsp3) is 0.125. The van der Waals surface area contributed by atoms with Crippen molar-refractivity contribution in [2.45, 2.75) is 0 Å². The summed E-state index contributed by atoms with van der Waals surface area (Å²) < 4.78 is 0. The van der Waals surface area contributed by atoms with Gasteiger partial charge in [0.05, 0.1) is 0 Å². The van der Waals surface area contributed by atoms with Crippen LogP contribution < -0.4 is 5.73 Å². The highest BCUT2D eigenvalue weighted by Gasteiger charge is 1.84. The fourth-order valence-electron chi connectivity index (χ4n) is 0.630. The van der Waals surface area contributed by atoms with Crippen LogP contribution in [-0.4, -0.2) is 6.54 Å². The third-order valence-corrected chi connectivity index (χ3v) is 1.13. The maximum atomic E-state index is 5.39. The Hall–Kier alpha value is -1.04. The van der Waals surface area contributed by atoms with Crippen LogP contribution in [0.15, 0.2) is 41.7 Å². The minimum atomic E-state index is 0.600. The molecule has 0 aliphatic heterocycles. The number of hydrogen-bond donors (Lipinski definition) is 1. The largest absolute Gasteiger partial charge is 0.326 e. The van der Waals surface area contributed by atoms with Crippen molar-refractivity contribution in [1.82, 2.24) is 0 Å². The molecule has 0 saturated carbocycles. The van der Waals surface area contributed by atoms with Crippen LogP contribution in [-0.2, 0) is 0 Å². The van der Waals surface area contributed by atoms with Gasteiger partial charge in [-0.2, -0.15) is 0 Å². The van der Waals surface area contributed by atoms with Gasteiger partial charge < -0.3 is 5.73 Å². The average molecular weight is 119 g/mol. The number of allylic oxidation sites excluding steroid dienone is 3. The maximum Gasteiger partial charge on any atom is 0.0178 e. The molecule has 0 bridgehead atoms. The van der Waals surface area contributed by atoms with Gasteiger partial charge in [0, 0.05) is 6.54 Å². The summed E-state index contributed by atoms with van der Waals surface area (Å²) in [5.74, 6) is 0. The zero-order valence-corrected chi connectivity index (χ0v) is 5.17. The molecule has 1 aliphatic rings. The number of nitrogens with two attached hydrogens (primary N) is 1. The molecule has 0 aromatic carbocycles. The van der Waals surface area contributed by atoms with Gasteiger partial charge in [-0.25, -0.2) is 0 Å². The van der Waals surface area contributed by atoms with Crippen molar-refractivity contribution in [3.8, 4) is 0 Å². The average Bonchev–Trinajstić information content (AvgIpc) is 2.13. The number of hydrogen-bond acceptors (Lipinski definition) is 1. The SMILES string of the molecule is NCC1=CC=C=CC=C1. The molecule has 0 amide bonds. The van der Waals surface area contributed by atoms with Crippen LogP contribution in [0.4, 0.5) is 0 Å². The molecule has 0 unspecified atom stereocenters. The Morgan fingerprint density at radius 3 is 3.11 bits per heavy atom. The highest BCUT2D eigenvalue weighted by atomic mass is 14.5. The first-order chi connectivity index (χ1) is 4.43. The molecule has 1 nitrogen and oxygen atoms in total. The molecule has 0 atom stereocenters. The van der Waals surface area contributed by atoms with Crippen LogP contribution in [0.3, 0.4) is 0 Å². The van der Waals surface area contributed by atoms with Crippen LogP contribution in [0.2, 0.25) is 0 Å². The lowest BCUT2D eigenvalue weighted by Crippen LogP contribution is -1.99. The van der Waals surface area contributed by atoms with Crippen molar-refractivity contribution in [2.24, 2.45) is 5.73 Å². The first kappa shape index (κ1) is 6.09. The molecule has 0 aromatic heterocycles. The highest BCUT2D eigenvalue weighted by molar-refractivity contribution is 5.29. The van der Waals surface area contributed by atoms with E-state index in [4.69, 9.17) is 5.73 Å². The molecule has 0 aromatic rings. The Kier molecular flexibility index (Phi) is 2.08. The maximum absolute atomic E-state index is 5.39. The molecule has 0 heterocycles. The summed E-state index contributed by atoms with van der Waals surface area (Å²) in [5, 5.41) is 0. The van der Waals surface area contributed by atoms with Gasteiger partial charge >= 0.3 is 0 Å². The van der Waals surface area contributed by atoms with Gasteiger partial charge in [0.25, 0.3) is 0 Å². The van der Waals surface area contributed by atoms with Gasteiger partial charge in [-0.3, -0.25) is 0 Å². The molecule has 0 saturated heterocycles. The highest BCUT2D eigenvalue weighted by Crippen LogP contribution is 1.97. The van der Waals surface area contributed by atoms with E-state index in [-0.39, 0.29) is 0 Å². The minimum Gasteiger partial charge on any atom is -0.326 e. The Labute approximate surface area is 54.9 Å². The fourth-order valence-corrected chi connectivity index (χ4v) is 0.630. The molecular weight excluding hydrogens is 110 g/mol. The summed E-state index contributed by atoms with van der Waals surface area (Å²) in [6.07, 6.45) is 9.60. The topological polar surface area (TPSA) is 26.0 Å². The smallest absolute Gasteiger partial charge is 0.0178 e. The molecule has 46 valence electrons. The van der Waals surface area contributed by atoms with E-state index in [1.807, 2.05) is 30.4 Å². The van der Waals surface area contributed by atoms with E-state index in [1.54, 1.807) is 0 Å². The Morgan fingerprint density at radius 2 is 2.33 bits per heavy atom. The van der Waals surface area contributed by atoms with Crippen molar-refractivity contribution >= 4 is 0 Å². The Balaban J connectivity index is 2.78. The van der Waals surface area contributed by atoms with Crippen molar-refractivity contribution in [3.63, 3.8) is 0 Å². The molecule has 2 N–H and O–H groups in total. The molecule has 1 aliphatic carbocycles. The van der Waals surface area contributed by atoms with Crippen LogP contribution >= 0.6 is 0 Å². The van der Waals surface area contributed by atoms with Gasteiger partial charge in [-0.1, -0.05) is 18.2 Å². The summed E-state index contributed by atoms with van der Waals surface area (Å²) in [4.78, 5) is 0. The summed E-state index contributed by atoms with van der Waals surface area (Å²) in [6, 6.07) is 0. The van der Waals surface area contributed by atoms with E-state index < -0.39 is 0 Å². The lowest BCUT2D eigenvalue weighted by Gasteiger charge is -1.89. The van der Waals surface area contributed by atoms with Gasteiger partial charge in [-0.05, 0) is 17.7 Å². The lowest BCUT2D eigenvalue weighted by molar-refractivity contribution is 1.19. The van der Waals surface area contributed by atoms with Crippen LogP contribution in [0.1, 0.15) is 0 Å². The number of rotatable bonds is 1. The summed E-state index contributed by atoms with van der Waals surface area (Å²) in [7, 11) is 0. The third-order valence-electron chi connectivity index (χ3n) is 1.13. The van der Waals surface area contributed by atoms with Gasteiger partial charge in [0.15, 0.2) is 0 Å². The van der Waals surface area contributed by atoms with Gasteiger partial charge in [0.1, 0.15) is 0 Å². The van der Waals surface area contributed by atoms with Crippen LogP contribution in [0, 0.1) is 0 Å². The summed E-state index contributed by atoms with van der Waals surface area (Å²) >= 11 is 0. The van der Waals surface area contributed by atoms with Crippen molar-refractivity contribution in [3.05, 3.63) is 41.7 Å². The molecule has 9 heavy (non-hydrogen) atoms. The normalized spacial score (nSPS) is 15.4. The lowest BCUT2D eigenvalue weighted by atomic mass is 10.2. The molecular formula is C8H9N. The van der Waals surface area contributed by atoms with Crippen molar-refractivity contribution in [2.75, 3.05) is 6.54 Å². The molecule has 0 spiro atoms. The predicted octanol–water partition coefficient (Wildman–Crippen LogP) is 1.15. The third kappa shape index (κ3) is 1.73. The first-order valence-electron chi connectivity index (χ1n) is 2.92. The zero-order valence-electron chi connectivity index (χ0n) is 5.17. The second-order valence-corrected chi connectivity index (χ2v) is 1.80. The zero-order chi connectivity index (χ0) is 6.53. The summed E-state index contributed by atoms with van der Waals surface area (Å²) in [6.45, 7) is 0.600. The first-order valence-corrected chi connectivity index (χ1v) is 2.92. The monoisotopic (exact) mass is 119 g/mol. The van der Waals surface area contributed by atoms with Crippen LogP contribution in [0.5, 0.6) is 0 Å². The quantitative estimate of drug-likeness (QED) is 0.515. The predicted molar refractivity (Wildman–Crippen MR) is 38.9 cm³/mol. The van der Waals surface area contributed by atoms with E-state index in [2.05, 4.69) is 5.73 Å². The molecule has 0 fully saturated rings. The minimum absolute atomic E-state index is 0.600. The van der Waals surface area contributed by atoms with Gasteiger partial charge in [-0.15, -0.1) is 5.73 Å². The van der Waals surface area contributed by atoms with Crippen molar-refractivity contribution in [1.29, 1.82) is 0 Å². The summed E-state index contributed by atoms with van der Waals surface area (Å²) in [5.41, 5.74) is 9.47. The molecule has 1 rings (SSSR count). The van der Waals surface area contributed by atoms with Crippen LogP contribution in [0.25, 0.3) is 0 Å². The second kappa shape index (κ2) is 3.08. The van der Waals surface area contributed by atoms with Gasteiger partial charge in [0.2, 0.25) is 0 Å². The van der Waals surface area contributed by atoms with E-state index in [1.165, 1.54) is 0 Å². The van der Waals surface area contributed by atoms with E-state index >= 15 is 0 Å². The van der Waals surface area contributed by atoms with E-state index in [0.29, 0.717) is 6.54 Å². The standard InChI is InChI=1S/C8H9N/c9-7-8-5-3-1-2-4-6-8/h1,3-6H,7,9H2. The Morgan fingerprint density at radius 1 is 1.44 bits per heavy atom. The van der Waals surface area contributed by atoms with Crippen molar-refractivity contribution < 1.29 is 0 Å². The second-order valence-electron chi connectivity index (χ2n) is 1.80. The molecule has 1 heteroatoms. The van der Waals surface area contributed by atoms with E-state index in [0.717, 1.165) is 5.57 Å². The molecule has 0 radical (unpaired) electrons. The van der Waals surface area contributed by atoms with E-state index in [9.17, 15) is 0 Å². The Bertz CT molecular complexity index is 203.